The van der Waals surface area contributed by atoms with Gasteiger partial charge in [0.2, 0.25) is 0 Å². The van der Waals surface area contributed by atoms with Gasteiger partial charge in [0.25, 0.3) is 11.8 Å². The van der Waals surface area contributed by atoms with Crippen LogP contribution in [0.2, 0.25) is 0 Å². The van der Waals surface area contributed by atoms with Gasteiger partial charge in [-0.2, -0.15) is 0 Å². The molecule has 0 saturated heterocycles. The van der Waals surface area contributed by atoms with E-state index >= 15 is 0 Å². The van der Waals surface area contributed by atoms with Crippen LogP contribution in [-0.4, -0.2) is 44.1 Å². The molecule has 1 N–H and O–H groups in total. The molecule has 8 heteroatoms. The number of rotatable bonds is 5. The molecule has 0 saturated carbocycles. The van der Waals surface area contributed by atoms with Crippen LogP contribution < -0.4 is 15.0 Å². The number of amides is 2. The van der Waals surface area contributed by atoms with Gasteiger partial charge in [-0.15, -0.1) is 0 Å². The number of para-hydroxylation sites is 2. The maximum absolute atomic E-state index is 13.6. The molecule has 1 atom stereocenters. The van der Waals surface area contributed by atoms with E-state index in [1.54, 1.807) is 30.3 Å². The van der Waals surface area contributed by atoms with Crippen molar-refractivity contribution in [1.29, 1.82) is 0 Å². The SMILES string of the molecule is CNC(=O)C1CN(C(=O)COC(=O)/C=C/c2ccccc2F)c2ccccc2O1. The largest absolute Gasteiger partial charge is 0.477 e. The van der Waals surface area contributed by atoms with Crippen molar-refractivity contribution in [3.05, 3.63) is 66.0 Å². The predicted molar refractivity (Wildman–Crippen MR) is 104 cm³/mol. The Morgan fingerprint density at radius 1 is 1.21 bits per heavy atom. The Balaban J connectivity index is 1.65. The molecular weight excluding hydrogens is 379 g/mol. The first-order valence-electron chi connectivity index (χ1n) is 8.86. The highest BCUT2D eigenvalue weighted by atomic mass is 19.1. The van der Waals surface area contributed by atoms with Gasteiger partial charge >= 0.3 is 5.97 Å². The van der Waals surface area contributed by atoms with E-state index in [1.807, 2.05) is 0 Å². The first-order chi connectivity index (χ1) is 14.0. The Kier molecular flexibility index (Phi) is 6.23. The third kappa shape index (κ3) is 4.78. The van der Waals surface area contributed by atoms with Crippen LogP contribution >= 0.6 is 0 Å². The van der Waals surface area contributed by atoms with Gasteiger partial charge in [0.15, 0.2) is 12.7 Å². The van der Waals surface area contributed by atoms with E-state index in [2.05, 4.69) is 5.32 Å². The Hall–Kier alpha value is -3.68. The zero-order valence-corrected chi connectivity index (χ0v) is 15.6. The van der Waals surface area contributed by atoms with Crippen LogP contribution in [0.15, 0.2) is 54.6 Å². The third-order valence-corrected chi connectivity index (χ3v) is 4.26. The molecule has 3 rings (SSSR count). The normalized spacial score (nSPS) is 15.4. The van der Waals surface area contributed by atoms with E-state index in [0.29, 0.717) is 11.4 Å². The van der Waals surface area contributed by atoms with Crippen LogP contribution in [-0.2, 0) is 19.1 Å². The molecule has 0 aliphatic carbocycles. The minimum absolute atomic E-state index is 0.0157. The first kappa shape index (κ1) is 20.1. The second-order valence-electron chi connectivity index (χ2n) is 6.16. The number of fused-ring (bicyclic) bond motifs is 1. The van der Waals surface area contributed by atoms with Gasteiger partial charge in [0.1, 0.15) is 11.6 Å². The fraction of sp³-hybridized carbons (Fsp3) is 0.190. The molecular formula is C21H19FN2O5. The number of benzene rings is 2. The van der Waals surface area contributed by atoms with E-state index in [4.69, 9.17) is 9.47 Å². The quantitative estimate of drug-likeness (QED) is 0.615. The van der Waals surface area contributed by atoms with Crippen LogP contribution in [0.5, 0.6) is 5.75 Å². The minimum atomic E-state index is -0.879. The molecule has 0 bridgehead atoms. The van der Waals surface area contributed by atoms with Crippen molar-refractivity contribution in [2.24, 2.45) is 0 Å². The molecule has 1 aliphatic rings. The van der Waals surface area contributed by atoms with Crippen LogP contribution in [0.3, 0.4) is 0 Å². The summed E-state index contributed by atoms with van der Waals surface area (Å²) in [5.74, 6) is -1.76. The number of halogens is 1. The summed E-state index contributed by atoms with van der Waals surface area (Å²) in [6.45, 7) is -0.548. The lowest BCUT2D eigenvalue weighted by atomic mass is 10.1. The molecule has 0 radical (unpaired) electrons. The standard InChI is InChI=1S/C21H19FN2O5/c1-23-21(27)18-12-24(16-8-4-5-9-17(16)29-18)19(25)13-28-20(26)11-10-14-6-2-3-7-15(14)22/h2-11,18H,12-13H2,1H3,(H,23,27)/b11-10+. The van der Waals surface area contributed by atoms with Crippen LogP contribution in [0, 0.1) is 5.82 Å². The van der Waals surface area contributed by atoms with Gasteiger partial charge in [-0.3, -0.25) is 9.59 Å². The van der Waals surface area contributed by atoms with E-state index in [9.17, 15) is 18.8 Å². The molecule has 2 amide bonds. The van der Waals surface area contributed by atoms with Crippen LogP contribution in [0.25, 0.3) is 6.08 Å². The maximum Gasteiger partial charge on any atom is 0.331 e. The van der Waals surface area contributed by atoms with E-state index in [0.717, 1.165) is 6.08 Å². The summed E-state index contributed by atoms with van der Waals surface area (Å²) in [6.07, 6.45) is 1.44. The monoisotopic (exact) mass is 398 g/mol. The summed E-state index contributed by atoms with van der Waals surface area (Å²) >= 11 is 0. The maximum atomic E-state index is 13.6. The lowest BCUT2D eigenvalue weighted by Gasteiger charge is -2.33. The van der Waals surface area contributed by atoms with Crippen molar-refractivity contribution in [2.45, 2.75) is 6.10 Å². The summed E-state index contributed by atoms with van der Waals surface area (Å²) in [7, 11) is 1.47. The molecule has 2 aromatic rings. The summed E-state index contributed by atoms with van der Waals surface area (Å²) in [5, 5.41) is 2.49. The number of nitrogens with zero attached hydrogens (tertiary/aromatic N) is 1. The number of esters is 1. The second-order valence-corrected chi connectivity index (χ2v) is 6.16. The number of carbonyl (C=O) groups is 3. The lowest BCUT2D eigenvalue weighted by Crippen LogP contribution is -2.51. The first-order valence-corrected chi connectivity index (χ1v) is 8.86. The molecule has 1 aliphatic heterocycles. The number of nitrogens with one attached hydrogen (secondary N) is 1. The molecule has 0 fully saturated rings. The summed E-state index contributed by atoms with van der Waals surface area (Å²) in [5.41, 5.74) is 0.710. The van der Waals surface area contributed by atoms with Crippen molar-refractivity contribution >= 4 is 29.5 Å². The van der Waals surface area contributed by atoms with Gasteiger partial charge in [-0.1, -0.05) is 30.3 Å². The van der Waals surface area contributed by atoms with Crippen molar-refractivity contribution in [1.82, 2.24) is 5.32 Å². The molecule has 0 spiro atoms. The lowest BCUT2D eigenvalue weighted by molar-refractivity contribution is -0.143. The van der Waals surface area contributed by atoms with Gasteiger partial charge in [0.05, 0.1) is 12.2 Å². The molecule has 0 aromatic heterocycles. The molecule has 1 heterocycles. The van der Waals surface area contributed by atoms with Crippen molar-refractivity contribution in [3.8, 4) is 5.75 Å². The summed E-state index contributed by atoms with van der Waals surface area (Å²) < 4.78 is 24.2. The van der Waals surface area contributed by atoms with E-state index in [-0.39, 0.29) is 18.0 Å². The Morgan fingerprint density at radius 2 is 1.93 bits per heavy atom. The zero-order valence-electron chi connectivity index (χ0n) is 15.6. The second kappa shape index (κ2) is 9.01. The van der Waals surface area contributed by atoms with Gasteiger partial charge in [0, 0.05) is 18.7 Å². The third-order valence-electron chi connectivity index (χ3n) is 4.26. The molecule has 2 aromatic carbocycles. The zero-order chi connectivity index (χ0) is 20.8. The number of hydrogen-bond donors (Lipinski definition) is 1. The Bertz CT molecular complexity index is 960. The molecule has 29 heavy (non-hydrogen) atoms. The number of hydrogen-bond acceptors (Lipinski definition) is 5. The fourth-order valence-electron chi connectivity index (χ4n) is 2.80. The highest BCUT2D eigenvalue weighted by Gasteiger charge is 2.33. The molecule has 150 valence electrons. The van der Waals surface area contributed by atoms with E-state index in [1.165, 1.54) is 36.2 Å². The average molecular weight is 398 g/mol. The van der Waals surface area contributed by atoms with Crippen LogP contribution in [0.1, 0.15) is 5.56 Å². The van der Waals surface area contributed by atoms with Crippen molar-refractivity contribution in [2.75, 3.05) is 25.1 Å². The number of carbonyl (C=O) groups excluding carboxylic acids is 3. The smallest absolute Gasteiger partial charge is 0.331 e. The van der Waals surface area contributed by atoms with Crippen molar-refractivity contribution < 1.29 is 28.2 Å². The number of likely N-dealkylation sites (N-methyl/N-ethyl adjacent to an activating group) is 1. The highest BCUT2D eigenvalue weighted by molar-refractivity contribution is 5.99. The van der Waals surface area contributed by atoms with Gasteiger partial charge in [-0.25, -0.2) is 9.18 Å². The fourth-order valence-corrected chi connectivity index (χ4v) is 2.80. The molecule has 1 unspecified atom stereocenters. The Labute approximate surface area is 166 Å². The predicted octanol–water partition coefficient (Wildman–Crippen LogP) is 1.92. The van der Waals surface area contributed by atoms with Gasteiger partial charge in [-0.05, 0) is 24.3 Å². The minimum Gasteiger partial charge on any atom is -0.477 e. The number of anilines is 1. The van der Waals surface area contributed by atoms with Crippen LogP contribution in [0.4, 0.5) is 10.1 Å². The summed E-state index contributed by atoms with van der Waals surface area (Å²) in [4.78, 5) is 37.8. The molecule has 7 nitrogen and oxygen atoms in total. The topological polar surface area (TPSA) is 84.9 Å². The average Bonchev–Trinajstić information content (AvgIpc) is 2.75. The Morgan fingerprint density at radius 3 is 2.69 bits per heavy atom. The summed E-state index contributed by atoms with van der Waals surface area (Å²) in [6, 6.07) is 12.7. The van der Waals surface area contributed by atoms with Crippen molar-refractivity contribution in [3.63, 3.8) is 0 Å². The number of ether oxygens (including phenoxy) is 2. The van der Waals surface area contributed by atoms with Gasteiger partial charge < -0.3 is 19.7 Å². The van der Waals surface area contributed by atoms with E-state index < -0.39 is 30.4 Å². The highest BCUT2D eigenvalue weighted by Crippen LogP contribution is 2.33.